The molecule has 0 unspecified atom stereocenters. The van der Waals surface area contributed by atoms with Gasteiger partial charge in [-0.05, 0) is 36.8 Å². The van der Waals surface area contributed by atoms with Crippen LogP contribution in [0.3, 0.4) is 0 Å². The number of anilines is 1. The second kappa shape index (κ2) is 5.49. The van der Waals surface area contributed by atoms with Crippen LogP contribution in [0.5, 0.6) is 5.75 Å². The van der Waals surface area contributed by atoms with Crippen LogP contribution < -0.4 is 10.1 Å². The van der Waals surface area contributed by atoms with E-state index < -0.39 is 0 Å². The fourth-order valence-corrected chi connectivity index (χ4v) is 1.60. The van der Waals surface area contributed by atoms with Gasteiger partial charge in [0.25, 0.3) is 0 Å². The first kappa shape index (κ1) is 12.4. The van der Waals surface area contributed by atoms with E-state index in [9.17, 15) is 4.39 Å². The Morgan fingerprint density at radius 3 is 2.72 bits per heavy atom. The average Bonchev–Trinajstić information content (AvgIpc) is 2.38. The molecular formula is C14H15FN2O. The third-order valence-corrected chi connectivity index (χ3v) is 2.62. The summed E-state index contributed by atoms with van der Waals surface area (Å²) in [7, 11) is 1.45. The van der Waals surface area contributed by atoms with Gasteiger partial charge in [0.05, 0.1) is 19.0 Å². The Kier molecular flexibility index (Phi) is 3.77. The summed E-state index contributed by atoms with van der Waals surface area (Å²) in [5, 5.41) is 3.18. The molecule has 0 radical (unpaired) electrons. The van der Waals surface area contributed by atoms with Crippen molar-refractivity contribution in [3.8, 4) is 5.75 Å². The number of aromatic nitrogens is 1. The van der Waals surface area contributed by atoms with Crippen LogP contribution in [0, 0.1) is 12.7 Å². The predicted octanol–water partition coefficient (Wildman–Crippen LogP) is 3.15. The maximum atomic E-state index is 13.5. The number of ether oxygens (including phenoxy) is 1. The van der Waals surface area contributed by atoms with Crippen molar-refractivity contribution in [3.05, 3.63) is 53.6 Å². The summed E-state index contributed by atoms with van der Waals surface area (Å²) in [4.78, 5) is 4.18. The summed E-state index contributed by atoms with van der Waals surface area (Å²) in [6.07, 6.45) is 1.76. The van der Waals surface area contributed by atoms with Crippen molar-refractivity contribution < 1.29 is 9.13 Å². The van der Waals surface area contributed by atoms with Crippen LogP contribution in [-0.2, 0) is 6.54 Å². The molecule has 1 aromatic carbocycles. The molecule has 0 spiro atoms. The van der Waals surface area contributed by atoms with Gasteiger partial charge >= 0.3 is 0 Å². The molecule has 0 saturated heterocycles. The lowest BCUT2D eigenvalue weighted by molar-refractivity contribution is 0.386. The minimum Gasteiger partial charge on any atom is -0.494 e. The number of nitrogens with zero attached hydrogens (tertiary/aromatic N) is 1. The molecule has 4 heteroatoms. The number of nitrogens with one attached hydrogen (secondary N) is 1. The van der Waals surface area contributed by atoms with E-state index in [4.69, 9.17) is 4.74 Å². The number of methoxy groups -OCH3 is 1. The molecule has 3 nitrogen and oxygen atoms in total. The smallest absolute Gasteiger partial charge is 0.165 e. The first-order chi connectivity index (χ1) is 8.69. The maximum Gasteiger partial charge on any atom is 0.165 e. The van der Waals surface area contributed by atoms with E-state index in [0.29, 0.717) is 6.54 Å². The van der Waals surface area contributed by atoms with Gasteiger partial charge in [0.1, 0.15) is 0 Å². The zero-order valence-corrected chi connectivity index (χ0v) is 10.4. The van der Waals surface area contributed by atoms with Crippen molar-refractivity contribution in [2.24, 2.45) is 0 Å². The van der Waals surface area contributed by atoms with Crippen LogP contribution >= 0.6 is 0 Å². The Bertz CT molecular complexity index is 526. The normalized spacial score (nSPS) is 10.2. The summed E-state index contributed by atoms with van der Waals surface area (Å²) < 4.78 is 18.3. The highest BCUT2D eigenvalue weighted by Gasteiger charge is 2.03. The monoisotopic (exact) mass is 246 g/mol. The van der Waals surface area contributed by atoms with Crippen LogP contribution in [0.15, 0.2) is 36.5 Å². The molecule has 0 bridgehead atoms. The number of aryl methyl sites for hydroxylation is 1. The Labute approximate surface area is 106 Å². The number of pyridine rings is 1. The molecule has 0 aliphatic heterocycles. The van der Waals surface area contributed by atoms with Crippen LogP contribution in [0.1, 0.15) is 11.3 Å². The zero-order valence-electron chi connectivity index (χ0n) is 10.4. The van der Waals surface area contributed by atoms with Gasteiger partial charge in [-0.1, -0.05) is 6.07 Å². The van der Waals surface area contributed by atoms with E-state index in [2.05, 4.69) is 10.3 Å². The third kappa shape index (κ3) is 2.97. The molecule has 1 aromatic heterocycles. The molecule has 0 amide bonds. The molecule has 2 rings (SSSR count). The van der Waals surface area contributed by atoms with Gasteiger partial charge in [-0.2, -0.15) is 0 Å². The summed E-state index contributed by atoms with van der Waals surface area (Å²) in [5.74, 6) is -0.0883. The second-order valence-electron chi connectivity index (χ2n) is 4.01. The van der Waals surface area contributed by atoms with Crippen molar-refractivity contribution >= 4 is 5.69 Å². The minimum atomic E-state index is -0.348. The molecule has 0 fully saturated rings. The first-order valence-corrected chi connectivity index (χ1v) is 5.68. The number of benzene rings is 1. The molecule has 0 saturated carbocycles. The van der Waals surface area contributed by atoms with E-state index >= 15 is 0 Å². The second-order valence-corrected chi connectivity index (χ2v) is 4.01. The molecule has 94 valence electrons. The van der Waals surface area contributed by atoms with E-state index in [-0.39, 0.29) is 11.6 Å². The molecule has 0 aliphatic carbocycles. The van der Waals surface area contributed by atoms with Crippen LogP contribution in [0.4, 0.5) is 10.1 Å². The van der Waals surface area contributed by atoms with Gasteiger partial charge in [-0.25, -0.2) is 4.39 Å². The lowest BCUT2D eigenvalue weighted by atomic mass is 10.2. The third-order valence-electron chi connectivity index (χ3n) is 2.62. The highest BCUT2D eigenvalue weighted by Crippen LogP contribution is 2.18. The maximum absolute atomic E-state index is 13.5. The van der Waals surface area contributed by atoms with Gasteiger partial charge in [-0.15, -0.1) is 0 Å². The fourth-order valence-electron chi connectivity index (χ4n) is 1.60. The van der Waals surface area contributed by atoms with Gasteiger partial charge in [0.2, 0.25) is 0 Å². The highest BCUT2D eigenvalue weighted by molar-refractivity contribution is 5.42. The zero-order chi connectivity index (χ0) is 13.0. The standard InChI is InChI=1S/C14H15FN2O/c1-10-3-5-12(9-16-10)17-8-11-4-6-14(18-2)13(15)7-11/h3-7,9,17H,8H2,1-2H3. The van der Waals surface area contributed by atoms with E-state index in [1.54, 1.807) is 12.3 Å². The van der Waals surface area contributed by atoms with Gasteiger partial charge in [0.15, 0.2) is 11.6 Å². The van der Waals surface area contributed by atoms with Crippen LogP contribution in [-0.4, -0.2) is 12.1 Å². The van der Waals surface area contributed by atoms with Crippen molar-refractivity contribution in [2.75, 3.05) is 12.4 Å². The number of halogens is 1. The Morgan fingerprint density at radius 2 is 2.11 bits per heavy atom. The summed E-state index contributed by atoms with van der Waals surface area (Å²) in [6, 6.07) is 8.79. The van der Waals surface area contributed by atoms with E-state index in [0.717, 1.165) is 16.9 Å². The SMILES string of the molecule is COc1ccc(CNc2ccc(C)nc2)cc1F. The number of hydrogen-bond donors (Lipinski definition) is 1. The van der Waals surface area contributed by atoms with Crippen molar-refractivity contribution in [2.45, 2.75) is 13.5 Å². The molecule has 1 N–H and O–H groups in total. The molecule has 0 atom stereocenters. The lowest BCUT2D eigenvalue weighted by Crippen LogP contribution is -2.01. The summed E-state index contributed by atoms with van der Waals surface area (Å²) in [6.45, 7) is 2.48. The molecule has 18 heavy (non-hydrogen) atoms. The lowest BCUT2D eigenvalue weighted by Gasteiger charge is -2.08. The Balaban J connectivity index is 2.02. The van der Waals surface area contributed by atoms with Crippen LogP contribution in [0.25, 0.3) is 0 Å². The largest absolute Gasteiger partial charge is 0.494 e. The number of hydrogen-bond acceptors (Lipinski definition) is 3. The van der Waals surface area contributed by atoms with Crippen molar-refractivity contribution in [3.63, 3.8) is 0 Å². The Hall–Kier alpha value is -2.10. The van der Waals surface area contributed by atoms with Crippen molar-refractivity contribution in [1.82, 2.24) is 4.98 Å². The Morgan fingerprint density at radius 1 is 1.28 bits per heavy atom. The van der Waals surface area contributed by atoms with Gasteiger partial charge in [0, 0.05) is 12.2 Å². The molecular weight excluding hydrogens is 231 g/mol. The quantitative estimate of drug-likeness (QED) is 0.899. The van der Waals surface area contributed by atoms with Crippen LogP contribution in [0.2, 0.25) is 0 Å². The van der Waals surface area contributed by atoms with Gasteiger partial charge in [-0.3, -0.25) is 4.98 Å². The fraction of sp³-hybridized carbons (Fsp3) is 0.214. The first-order valence-electron chi connectivity index (χ1n) is 5.68. The van der Waals surface area contributed by atoms with Gasteiger partial charge < -0.3 is 10.1 Å². The molecule has 0 aliphatic rings. The summed E-state index contributed by atoms with van der Waals surface area (Å²) >= 11 is 0. The van der Waals surface area contributed by atoms with Crippen molar-refractivity contribution in [1.29, 1.82) is 0 Å². The minimum absolute atomic E-state index is 0.260. The number of rotatable bonds is 4. The highest BCUT2D eigenvalue weighted by atomic mass is 19.1. The average molecular weight is 246 g/mol. The predicted molar refractivity (Wildman–Crippen MR) is 69.3 cm³/mol. The molecule has 2 aromatic rings. The van der Waals surface area contributed by atoms with E-state index in [1.807, 2.05) is 25.1 Å². The molecule has 1 heterocycles. The van der Waals surface area contributed by atoms with E-state index in [1.165, 1.54) is 13.2 Å². The topological polar surface area (TPSA) is 34.1 Å². The summed E-state index contributed by atoms with van der Waals surface area (Å²) in [5.41, 5.74) is 2.74.